The maximum Gasteiger partial charge on any atom is 0.241 e. The Kier molecular flexibility index (Phi) is 5.23. The number of carbonyl (C=O) groups is 1. The molecule has 1 N–H and O–H groups in total. The van der Waals surface area contributed by atoms with Gasteiger partial charge in [0.2, 0.25) is 11.8 Å². The number of imidazole rings is 1. The summed E-state index contributed by atoms with van der Waals surface area (Å²) in [6.45, 7) is 5.98. The molecule has 0 radical (unpaired) electrons. The first-order valence-electron chi connectivity index (χ1n) is 10.8. The van der Waals surface area contributed by atoms with Crippen LogP contribution in [-0.2, 0) is 16.6 Å². The molecule has 4 heterocycles. The molecule has 2 atom stereocenters. The lowest BCUT2D eigenvalue weighted by atomic mass is 10.0. The normalized spacial score (nSPS) is 20.1. The molecular formula is C23H27N5O3. The summed E-state index contributed by atoms with van der Waals surface area (Å²) in [6, 6.07) is 10.4. The van der Waals surface area contributed by atoms with E-state index in [1.165, 1.54) is 5.69 Å². The first kappa shape index (κ1) is 19.8. The van der Waals surface area contributed by atoms with Gasteiger partial charge in [-0.15, -0.1) is 0 Å². The lowest BCUT2D eigenvalue weighted by molar-refractivity contribution is -0.119. The number of fused-ring (bicyclic) bond motifs is 1. The number of morpholine rings is 1. The van der Waals surface area contributed by atoms with Gasteiger partial charge in [0.25, 0.3) is 0 Å². The second-order valence-corrected chi connectivity index (χ2v) is 8.27. The average Bonchev–Trinajstić information content (AvgIpc) is 3.40. The Hall–Kier alpha value is -3.13. The molecular weight excluding hydrogens is 394 g/mol. The Morgan fingerprint density at radius 3 is 2.71 bits per heavy atom. The third-order valence-electron chi connectivity index (χ3n) is 6.17. The molecule has 2 aromatic heterocycles. The molecule has 2 saturated heterocycles. The zero-order chi connectivity index (χ0) is 21.4. The number of benzene rings is 1. The fourth-order valence-electron chi connectivity index (χ4n) is 4.26. The van der Waals surface area contributed by atoms with Gasteiger partial charge in [-0.25, -0.2) is 9.97 Å². The molecule has 31 heavy (non-hydrogen) atoms. The number of pyridine rings is 1. The van der Waals surface area contributed by atoms with Gasteiger partial charge in [-0.1, -0.05) is 12.1 Å². The minimum atomic E-state index is -0.136. The average molecular weight is 422 g/mol. The molecule has 2 aliphatic heterocycles. The van der Waals surface area contributed by atoms with Crippen LogP contribution in [0.5, 0.6) is 5.88 Å². The zero-order valence-electron chi connectivity index (χ0n) is 17.9. The van der Waals surface area contributed by atoms with E-state index in [9.17, 15) is 4.79 Å². The molecule has 1 amide bonds. The summed E-state index contributed by atoms with van der Waals surface area (Å²) in [5, 5.41) is 2.88. The highest BCUT2D eigenvalue weighted by Gasteiger charge is 2.29. The summed E-state index contributed by atoms with van der Waals surface area (Å²) < 4.78 is 13.7. The summed E-state index contributed by atoms with van der Waals surface area (Å²) in [7, 11) is 1.94. The van der Waals surface area contributed by atoms with Crippen molar-refractivity contribution in [2.24, 2.45) is 13.0 Å². The van der Waals surface area contributed by atoms with Gasteiger partial charge in [0.05, 0.1) is 30.8 Å². The topological polar surface area (TPSA) is 81.5 Å². The molecule has 5 rings (SSSR count). The smallest absolute Gasteiger partial charge is 0.241 e. The predicted octanol–water partition coefficient (Wildman–Crippen LogP) is 2.38. The van der Waals surface area contributed by atoms with Crippen LogP contribution in [0, 0.1) is 5.92 Å². The van der Waals surface area contributed by atoms with Crippen molar-refractivity contribution in [1.82, 2.24) is 19.9 Å². The Morgan fingerprint density at radius 2 is 2.00 bits per heavy atom. The summed E-state index contributed by atoms with van der Waals surface area (Å²) >= 11 is 0. The van der Waals surface area contributed by atoms with E-state index in [2.05, 4.69) is 39.5 Å². The van der Waals surface area contributed by atoms with Crippen molar-refractivity contribution < 1.29 is 14.3 Å². The molecule has 1 aromatic carbocycles. The van der Waals surface area contributed by atoms with E-state index in [1.54, 1.807) is 6.33 Å². The van der Waals surface area contributed by atoms with Crippen molar-refractivity contribution in [3.05, 3.63) is 36.7 Å². The van der Waals surface area contributed by atoms with Gasteiger partial charge in [-0.05, 0) is 25.1 Å². The van der Waals surface area contributed by atoms with E-state index in [0.29, 0.717) is 18.8 Å². The predicted molar refractivity (Wildman–Crippen MR) is 118 cm³/mol. The Bertz CT molecular complexity index is 1090. The number of aromatic nitrogens is 3. The van der Waals surface area contributed by atoms with Gasteiger partial charge < -0.3 is 24.3 Å². The van der Waals surface area contributed by atoms with Gasteiger partial charge in [0.15, 0.2) is 0 Å². The van der Waals surface area contributed by atoms with Crippen LogP contribution >= 0.6 is 0 Å². The number of hydrogen-bond acceptors (Lipinski definition) is 6. The minimum absolute atomic E-state index is 0.0770. The molecule has 8 heteroatoms. The summed E-state index contributed by atoms with van der Waals surface area (Å²) in [5.74, 6) is 0.763. The number of amides is 1. The van der Waals surface area contributed by atoms with E-state index in [1.807, 2.05) is 24.6 Å². The van der Waals surface area contributed by atoms with E-state index in [4.69, 9.17) is 14.5 Å². The highest BCUT2D eigenvalue weighted by atomic mass is 16.5. The van der Waals surface area contributed by atoms with Gasteiger partial charge >= 0.3 is 0 Å². The van der Waals surface area contributed by atoms with Crippen LogP contribution in [0.2, 0.25) is 0 Å². The van der Waals surface area contributed by atoms with Crippen LogP contribution in [0.4, 0.5) is 5.69 Å². The summed E-state index contributed by atoms with van der Waals surface area (Å²) in [6.07, 6.45) is 2.12. The van der Waals surface area contributed by atoms with E-state index < -0.39 is 0 Å². The third kappa shape index (κ3) is 3.95. The molecule has 0 saturated carbocycles. The molecule has 2 fully saturated rings. The van der Waals surface area contributed by atoms with E-state index in [-0.39, 0.29) is 17.9 Å². The second kappa shape index (κ2) is 8.19. The SMILES string of the molecule is CC(Oc1nc(-c2ccc(N3CCOCC3)cc2)cc2ncn(C)c12)C1CNC(=O)C1. The Labute approximate surface area is 181 Å². The van der Waals surface area contributed by atoms with Crippen LogP contribution in [-0.4, -0.2) is 59.4 Å². The van der Waals surface area contributed by atoms with E-state index in [0.717, 1.165) is 48.6 Å². The lowest BCUT2D eigenvalue weighted by Crippen LogP contribution is -2.36. The molecule has 2 aliphatic rings. The second-order valence-electron chi connectivity index (χ2n) is 8.27. The Balaban J connectivity index is 1.44. The highest BCUT2D eigenvalue weighted by Crippen LogP contribution is 2.31. The fraction of sp³-hybridized carbons (Fsp3) is 0.435. The van der Waals surface area contributed by atoms with Gasteiger partial charge in [0.1, 0.15) is 11.6 Å². The maximum atomic E-state index is 11.6. The van der Waals surface area contributed by atoms with Crippen LogP contribution in [0.1, 0.15) is 13.3 Å². The first-order valence-corrected chi connectivity index (χ1v) is 10.8. The number of hydrogen-bond donors (Lipinski definition) is 1. The quantitative estimate of drug-likeness (QED) is 0.681. The molecule has 2 unspecified atom stereocenters. The number of ether oxygens (including phenoxy) is 2. The fourth-order valence-corrected chi connectivity index (χ4v) is 4.26. The van der Waals surface area contributed by atoms with Crippen molar-refractivity contribution in [2.75, 3.05) is 37.7 Å². The van der Waals surface area contributed by atoms with Crippen LogP contribution in [0.3, 0.4) is 0 Å². The van der Waals surface area contributed by atoms with Crippen molar-refractivity contribution in [3.8, 4) is 17.1 Å². The van der Waals surface area contributed by atoms with Crippen molar-refractivity contribution in [2.45, 2.75) is 19.4 Å². The van der Waals surface area contributed by atoms with Crippen molar-refractivity contribution in [3.63, 3.8) is 0 Å². The molecule has 8 nitrogen and oxygen atoms in total. The largest absolute Gasteiger partial charge is 0.473 e. The lowest BCUT2D eigenvalue weighted by Gasteiger charge is -2.28. The van der Waals surface area contributed by atoms with Crippen LogP contribution < -0.4 is 15.0 Å². The molecule has 0 spiro atoms. The van der Waals surface area contributed by atoms with Gasteiger partial charge in [0, 0.05) is 50.3 Å². The number of nitrogens with zero attached hydrogens (tertiary/aromatic N) is 4. The van der Waals surface area contributed by atoms with Crippen LogP contribution in [0.15, 0.2) is 36.7 Å². The summed E-state index contributed by atoms with van der Waals surface area (Å²) in [5.41, 5.74) is 4.72. The molecule has 162 valence electrons. The van der Waals surface area contributed by atoms with Crippen molar-refractivity contribution >= 4 is 22.6 Å². The van der Waals surface area contributed by atoms with Gasteiger partial charge in [-0.2, -0.15) is 0 Å². The maximum absolute atomic E-state index is 11.6. The van der Waals surface area contributed by atoms with E-state index >= 15 is 0 Å². The first-order chi connectivity index (χ1) is 15.1. The number of aryl methyl sites for hydroxylation is 1. The van der Waals surface area contributed by atoms with Gasteiger partial charge in [-0.3, -0.25) is 4.79 Å². The molecule has 0 bridgehead atoms. The zero-order valence-corrected chi connectivity index (χ0v) is 17.9. The number of rotatable bonds is 5. The minimum Gasteiger partial charge on any atom is -0.473 e. The standard InChI is InChI=1S/C23H27N5O3/c1-15(17-11-21(29)24-13-17)31-23-22-20(25-14-27(22)2)12-19(26-23)16-3-5-18(6-4-16)28-7-9-30-10-8-28/h3-6,12,14-15,17H,7-11,13H2,1-2H3,(H,24,29). The number of anilines is 1. The monoisotopic (exact) mass is 421 g/mol. The Morgan fingerprint density at radius 1 is 1.23 bits per heavy atom. The van der Waals surface area contributed by atoms with Crippen molar-refractivity contribution in [1.29, 1.82) is 0 Å². The highest BCUT2D eigenvalue weighted by molar-refractivity contribution is 5.84. The van der Waals surface area contributed by atoms with Crippen LogP contribution in [0.25, 0.3) is 22.3 Å². The molecule has 3 aromatic rings. The number of nitrogens with one attached hydrogen (secondary N) is 1. The number of carbonyl (C=O) groups excluding carboxylic acids is 1. The summed E-state index contributed by atoms with van der Waals surface area (Å²) in [4.78, 5) is 23.3. The third-order valence-corrected chi connectivity index (χ3v) is 6.17. The molecule has 0 aliphatic carbocycles.